The standard InChI is InChI=1S/C19H38N4O9/c24-11-15(12-25)22-5-1-20(9-18(29)30)3-7-23(16(13-26)17(28)14-27)8-4-21(2-6-22)10-19(31)32/h15-17,24-28H,1-14H2,(H,29,30)(H,31,32)/t16?,17-/m0/s1. The lowest BCUT2D eigenvalue weighted by molar-refractivity contribution is -0.139. The lowest BCUT2D eigenvalue weighted by Crippen LogP contribution is -2.55. The van der Waals surface area contributed by atoms with E-state index in [0.29, 0.717) is 26.2 Å². The summed E-state index contributed by atoms with van der Waals surface area (Å²) in [7, 11) is 0. The summed E-state index contributed by atoms with van der Waals surface area (Å²) in [5, 5.41) is 66.9. The molecule has 32 heavy (non-hydrogen) atoms. The third-order valence-electron chi connectivity index (χ3n) is 5.76. The Morgan fingerprint density at radius 3 is 1.34 bits per heavy atom. The molecule has 0 aromatic carbocycles. The molecule has 13 heteroatoms. The summed E-state index contributed by atoms with van der Waals surface area (Å²) >= 11 is 0. The largest absolute Gasteiger partial charge is 0.480 e. The summed E-state index contributed by atoms with van der Waals surface area (Å²) in [6.45, 7) is 0.436. The van der Waals surface area contributed by atoms with Crippen LogP contribution in [0.3, 0.4) is 0 Å². The van der Waals surface area contributed by atoms with Gasteiger partial charge in [0.05, 0.1) is 57.7 Å². The van der Waals surface area contributed by atoms with Crippen LogP contribution in [-0.2, 0) is 9.59 Å². The van der Waals surface area contributed by atoms with Crippen molar-refractivity contribution in [2.45, 2.75) is 18.2 Å². The van der Waals surface area contributed by atoms with Gasteiger partial charge in [-0.1, -0.05) is 0 Å². The zero-order valence-corrected chi connectivity index (χ0v) is 18.4. The lowest BCUT2D eigenvalue weighted by atomic mass is 10.1. The Bertz CT molecular complexity index is 521. The first-order chi connectivity index (χ1) is 15.2. The normalized spacial score (nSPS) is 21.1. The Kier molecular flexibility index (Phi) is 13.8. The molecule has 1 fully saturated rings. The van der Waals surface area contributed by atoms with Crippen molar-refractivity contribution >= 4 is 11.9 Å². The van der Waals surface area contributed by atoms with Gasteiger partial charge >= 0.3 is 11.9 Å². The van der Waals surface area contributed by atoms with Crippen LogP contribution in [0.2, 0.25) is 0 Å². The molecule has 1 aliphatic heterocycles. The number of hydrogen-bond acceptors (Lipinski definition) is 11. The van der Waals surface area contributed by atoms with Gasteiger partial charge in [0.15, 0.2) is 0 Å². The summed E-state index contributed by atoms with van der Waals surface area (Å²) in [6, 6.07) is -1.34. The van der Waals surface area contributed by atoms with Gasteiger partial charge in [0.25, 0.3) is 0 Å². The Hall–Kier alpha value is -1.42. The zero-order valence-electron chi connectivity index (χ0n) is 18.4. The molecule has 0 saturated carbocycles. The Labute approximate surface area is 187 Å². The second-order valence-electron chi connectivity index (χ2n) is 7.93. The molecule has 188 valence electrons. The summed E-state index contributed by atoms with van der Waals surface area (Å²) in [6.07, 6.45) is -1.21. The molecule has 1 heterocycles. The number of carboxylic acid groups (broad SMARTS) is 2. The van der Waals surface area contributed by atoms with Crippen LogP contribution in [0.1, 0.15) is 0 Å². The number of rotatable bonds is 11. The number of aliphatic hydroxyl groups is 5. The van der Waals surface area contributed by atoms with Crippen LogP contribution in [0.25, 0.3) is 0 Å². The van der Waals surface area contributed by atoms with Crippen LogP contribution >= 0.6 is 0 Å². The molecular formula is C19H38N4O9. The number of hydrogen-bond donors (Lipinski definition) is 7. The van der Waals surface area contributed by atoms with Gasteiger partial charge < -0.3 is 35.7 Å². The molecule has 1 unspecified atom stereocenters. The van der Waals surface area contributed by atoms with E-state index in [2.05, 4.69) is 0 Å². The number of nitrogens with zero attached hydrogens (tertiary/aromatic N) is 4. The van der Waals surface area contributed by atoms with E-state index in [1.54, 1.807) is 14.7 Å². The van der Waals surface area contributed by atoms with Crippen molar-refractivity contribution in [3.05, 3.63) is 0 Å². The summed E-state index contributed by atoms with van der Waals surface area (Å²) in [5.74, 6) is -2.03. The molecule has 7 N–H and O–H groups in total. The van der Waals surface area contributed by atoms with Crippen molar-refractivity contribution in [2.75, 3.05) is 91.9 Å². The summed E-state index contributed by atoms with van der Waals surface area (Å²) in [5.41, 5.74) is 0. The molecule has 1 rings (SSSR count). The monoisotopic (exact) mass is 466 g/mol. The minimum atomic E-state index is -1.21. The molecule has 0 aromatic rings. The van der Waals surface area contributed by atoms with E-state index in [0.717, 1.165) is 0 Å². The third-order valence-corrected chi connectivity index (χ3v) is 5.76. The van der Waals surface area contributed by atoms with Gasteiger partial charge in [-0.25, -0.2) is 0 Å². The first-order valence-corrected chi connectivity index (χ1v) is 10.7. The summed E-state index contributed by atoms with van der Waals surface area (Å²) < 4.78 is 0. The fourth-order valence-electron chi connectivity index (χ4n) is 3.81. The van der Waals surface area contributed by atoms with E-state index in [-0.39, 0.29) is 52.5 Å². The van der Waals surface area contributed by atoms with E-state index < -0.39 is 43.3 Å². The summed E-state index contributed by atoms with van der Waals surface area (Å²) in [4.78, 5) is 29.6. The van der Waals surface area contributed by atoms with E-state index in [9.17, 15) is 45.3 Å². The van der Waals surface area contributed by atoms with Crippen molar-refractivity contribution in [2.24, 2.45) is 0 Å². The van der Waals surface area contributed by atoms with Crippen LogP contribution in [-0.4, -0.2) is 177 Å². The quantitative estimate of drug-likeness (QED) is 0.154. The maximum absolute atomic E-state index is 11.3. The van der Waals surface area contributed by atoms with Gasteiger partial charge in [-0.2, -0.15) is 0 Å². The first-order valence-electron chi connectivity index (χ1n) is 10.7. The fraction of sp³-hybridized carbons (Fsp3) is 0.895. The Morgan fingerprint density at radius 2 is 1.03 bits per heavy atom. The van der Waals surface area contributed by atoms with E-state index in [4.69, 9.17) is 0 Å². The highest BCUT2D eigenvalue weighted by Crippen LogP contribution is 2.09. The molecular weight excluding hydrogens is 428 g/mol. The predicted molar refractivity (Wildman–Crippen MR) is 113 cm³/mol. The molecule has 13 nitrogen and oxygen atoms in total. The molecule has 0 radical (unpaired) electrons. The van der Waals surface area contributed by atoms with Crippen LogP contribution in [0.15, 0.2) is 0 Å². The number of carbonyl (C=O) groups is 2. The van der Waals surface area contributed by atoms with Gasteiger partial charge in [0, 0.05) is 52.4 Å². The highest BCUT2D eigenvalue weighted by Gasteiger charge is 2.28. The topological polar surface area (TPSA) is 189 Å². The Balaban J connectivity index is 3.11. The molecule has 1 aliphatic rings. The second-order valence-corrected chi connectivity index (χ2v) is 7.93. The van der Waals surface area contributed by atoms with Crippen molar-refractivity contribution < 1.29 is 45.3 Å². The van der Waals surface area contributed by atoms with Crippen LogP contribution in [0.5, 0.6) is 0 Å². The fourth-order valence-corrected chi connectivity index (χ4v) is 3.81. The van der Waals surface area contributed by atoms with Gasteiger partial charge in [-0.05, 0) is 0 Å². The van der Waals surface area contributed by atoms with Crippen LogP contribution < -0.4 is 0 Å². The zero-order chi connectivity index (χ0) is 24.1. The van der Waals surface area contributed by atoms with Crippen LogP contribution in [0, 0.1) is 0 Å². The average molecular weight is 467 g/mol. The molecule has 0 aliphatic carbocycles. The van der Waals surface area contributed by atoms with Crippen LogP contribution in [0.4, 0.5) is 0 Å². The maximum atomic E-state index is 11.3. The minimum absolute atomic E-state index is 0.234. The number of carboxylic acids is 2. The predicted octanol–water partition coefficient (Wildman–Crippen LogP) is -4.56. The van der Waals surface area contributed by atoms with Gasteiger partial charge in [-0.15, -0.1) is 0 Å². The van der Waals surface area contributed by atoms with Gasteiger partial charge in [0.1, 0.15) is 0 Å². The molecule has 1 saturated heterocycles. The second kappa shape index (κ2) is 15.4. The smallest absolute Gasteiger partial charge is 0.317 e. The van der Waals surface area contributed by atoms with Crippen molar-refractivity contribution in [1.82, 2.24) is 19.6 Å². The SMILES string of the molecule is O=C(O)CN1CCN(C(CO)CO)CCN(CC(=O)O)CCN(C(CO)[C@@H](O)CO)CC1. The van der Waals surface area contributed by atoms with E-state index >= 15 is 0 Å². The van der Waals surface area contributed by atoms with E-state index in [1.165, 1.54) is 0 Å². The maximum Gasteiger partial charge on any atom is 0.317 e. The molecule has 2 atom stereocenters. The lowest BCUT2D eigenvalue weighted by Gasteiger charge is -2.38. The molecule has 0 aromatic heterocycles. The Morgan fingerprint density at radius 1 is 0.625 bits per heavy atom. The minimum Gasteiger partial charge on any atom is -0.480 e. The highest BCUT2D eigenvalue weighted by atomic mass is 16.4. The number of aliphatic carboxylic acids is 2. The van der Waals surface area contributed by atoms with Gasteiger partial charge in [-0.3, -0.25) is 29.2 Å². The highest BCUT2D eigenvalue weighted by molar-refractivity contribution is 5.69. The van der Waals surface area contributed by atoms with E-state index in [1.807, 2.05) is 4.90 Å². The van der Waals surface area contributed by atoms with Crippen molar-refractivity contribution in [1.29, 1.82) is 0 Å². The first kappa shape index (κ1) is 28.6. The average Bonchev–Trinajstić information content (AvgIpc) is 2.74. The molecule has 0 spiro atoms. The third kappa shape index (κ3) is 10.0. The molecule has 0 bridgehead atoms. The molecule has 0 amide bonds. The number of aliphatic hydroxyl groups excluding tert-OH is 5. The van der Waals surface area contributed by atoms with Gasteiger partial charge in [0.2, 0.25) is 0 Å². The van der Waals surface area contributed by atoms with Crippen molar-refractivity contribution in [3.8, 4) is 0 Å². The van der Waals surface area contributed by atoms with Crippen molar-refractivity contribution in [3.63, 3.8) is 0 Å².